The highest BCUT2D eigenvalue weighted by molar-refractivity contribution is 9.10. The lowest BCUT2D eigenvalue weighted by molar-refractivity contribution is -0.111. The summed E-state index contributed by atoms with van der Waals surface area (Å²) >= 11 is 3.59. The van der Waals surface area contributed by atoms with E-state index in [9.17, 15) is 4.79 Å². The van der Waals surface area contributed by atoms with E-state index < -0.39 is 5.41 Å². The molecule has 2 heteroatoms. The van der Waals surface area contributed by atoms with E-state index in [-0.39, 0.29) is 5.78 Å². The molecule has 1 atom stereocenters. The highest BCUT2D eigenvalue weighted by Gasteiger charge is 2.39. The first-order chi connectivity index (χ1) is 9.07. The summed E-state index contributed by atoms with van der Waals surface area (Å²) in [5.74, 6) is 2.98. The minimum Gasteiger partial charge on any atom is -0.290 e. The van der Waals surface area contributed by atoms with Crippen LogP contribution in [0.25, 0.3) is 5.57 Å². The minimum atomic E-state index is -0.422. The number of halogens is 1. The molecule has 1 unspecified atom stereocenters. The second kappa shape index (κ2) is 4.21. The quantitative estimate of drug-likeness (QED) is 0.663. The van der Waals surface area contributed by atoms with Crippen LogP contribution in [0, 0.1) is 17.8 Å². The van der Waals surface area contributed by atoms with Gasteiger partial charge in [-0.2, -0.15) is 0 Å². The van der Waals surface area contributed by atoms with Crippen LogP contribution in [-0.4, -0.2) is 5.78 Å². The zero-order valence-electron chi connectivity index (χ0n) is 10.7. The number of carbonyl (C=O) groups is 1. The Morgan fingerprint density at radius 3 is 2.95 bits per heavy atom. The molecule has 1 aromatic carbocycles. The molecule has 2 aliphatic carbocycles. The van der Waals surface area contributed by atoms with E-state index in [0.29, 0.717) is 0 Å². The zero-order chi connectivity index (χ0) is 13.6. The van der Waals surface area contributed by atoms with Crippen molar-refractivity contribution >= 4 is 27.3 Å². The third kappa shape index (κ3) is 1.73. The summed E-state index contributed by atoms with van der Waals surface area (Å²) in [6.07, 6.45) is 11.3. The molecule has 0 radical (unpaired) electrons. The fraction of sp³-hybridized carbons (Fsp3) is 0.235. The highest BCUT2D eigenvalue weighted by atomic mass is 79.9. The Hall–Kier alpha value is -1.59. The second-order valence-corrected chi connectivity index (χ2v) is 5.99. The predicted octanol–water partition coefficient (Wildman–Crippen LogP) is 3.93. The number of benzene rings is 1. The number of fused-ring (bicyclic) bond motifs is 3. The number of ketones is 1. The van der Waals surface area contributed by atoms with Crippen molar-refractivity contribution in [2.45, 2.75) is 19.8 Å². The molecule has 19 heavy (non-hydrogen) atoms. The summed E-state index contributed by atoms with van der Waals surface area (Å²) < 4.78 is 1.01. The largest absolute Gasteiger partial charge is 0.290 e. The summed E-state index contributed by atoms with van der Waals surface area (Å²) in [6.45, 7) is 1.84. The molecule has 0 heterocycles. The van der Waals surface area contributed by atoms with Crippen molar-refractivity contribution in [3.63, 3.8) is 0 Å². The molecule has 0 aliphatic heterocycles. The van der Waals surface area contributed by atoms with Crippen LogP contribution in [0.3, 0.4) is 0 Å². The number of hydrogen-bond donors (Lipinski definition) is 0. The maximum atomic E-state index is 12.0. The minimum absolute atomic E-state index is 0.0597. The van der Waals surface area contributed by atoms with Gasteiger partial charge in [0.25, 0.3) is 0 Å². The first kappa shape index (κ1) is 12.4. The van der Waals surface area contributed by atoms with Crippen LogP contribution in [0.2, 0.25) is 0 Å². The Kier molecular flexibility index (Phi) is 2.76. The maximum absolute atomic E-state index is 12.0. The first-order valence-electron chi connectivity index (χ1n) is 6.29. The summed E-state index contributed by atoms with van der Waals surface area (Å²) in [5, 5.41) is 0. The van der Waals surface area contributed by atoms with Crippen molar-refractivity contribution in [3.05, 3.63) is 51.5 Å². The van der Waals surface area contributed by atoms with Gasteiger partial charge in [0.1, 0.15) is 0 Å². The topological polar surface area (TPSA) is 17.1 Å². The van der Waals surface area contributed by atoms with Gasteiger partial charge in [0.2, 0.25) is 0 Å². The molecule has 0 aromatic heterocycles. The first-order valence-corrected chi connectivity index (χ1v) is 7.08. The Balaban J connectivity index is 2.30. The van der Waals surface area contributed by atoms with E-state index in [1.807, 2.05) is 25.1 Å². The molecule has 0 saturated carbocycles. The second-order valence-electron chi connectivity index (χ2n) is 5.14. The van der Waals surface area contributed by atoms with Crippen LogP contribution in [-0.2, 0) is 11.2 Å². The van der Waals surface area contributed by atoms with Crippen molar-refractivity contribution in [1.29, 1.82) is 0 Å². The summed E-state index contributed by atoms with van der Waals surface area (Å²) in [6, 6.07) is 6.14. The summed E-state index contributed by atoms with van der Waals surface area (Å²) in [7, 11) is 0. The molecule has 0 N–H and O–H groups in total. The number of aryl methyl sites for hydroxylation is 1. The normalized spacial score (nSPS) is 24.8. The van der Waals surface area contributed by atoms with Crippen LogP contribution >= 0.6 is 15.9 Å². The van der Waals surface area contributed by atoms with Gasteiger partial charge in [-0.05, 0) is 54.2 Å². The van der Waals surface area contributed by atoms with Gasteiger partial charge in [0.05, 0.1) is 5.41 Å². The van der Waals surface area contributed by atoms with Crippen LogP contribution in [0.15, 0.2) is 40.4 Å². The summed E-state index contributed by atoms with van der Waals surface area (Å²) in [5.41, 5.74) is 3.65. The van der Waals surface area contributed by atoms with Crippen LogP contribution in [0.1, 0.15) is 24.5 Å². The van der Waals surface area contributed by atoms with E-state index in [1.54, 1.807) is 6.08 Å². The molecule has 94 valence electrons. The van der Waals surface area contributed by atoms with Crippen molar-refractivity contribution in [3.8, 4) is 12.3 Å². The third-order valence-electron chi connectivity index (χ3n) is 4.02. The summed E-state index contributed by atoms with van der Waals surface area (Å²) in [4.78, 5) is 12.0. The average molecular weight is 313 g/mol. The smallest absolute Gasteiger partial charge is 0.181 e. The van der Waals surface area contributed by atoms with Gasteiger partial charge >= 0.3 is 0 Å². The zero-order valence-corrected chi connectivity index (χ0v) is 12.3. The Morgan fingerprint density at radius 2 is 2.21 bits per heavy atom. The van der Waals surface area contributed by atoms with Gasteiger partial charge in [-0.15, -0.1) is 6.42 Å². The lowest BCUT2D eigenvalue weighted by atomic mass is 9.65. The third-order valence-corrected chi connectivity index (χ3v) is 4.68. The van der Waals surface area contributed by atoms with Crippen molar-refractivity contribution < 1.29 is 4.79 Å². The fourth-order valence-electron chi connectivity index (χ4n) is 3.00. The van der Waals surface area contributed by atoms with E-state index in [1.165, 1.54) is 5.56 Å². The van der Waals surface area contributed by atoms with Gasteiger partial charge in [-0.1, -0.05) is 40.1 Å². The Bertz CT molecular complexity index is 688. The molecule has 3 rings (SSSR count). The molecule has 0 amide bonds. The van der Waals surface area contributed by atoms with E-state index >= 15 is 0 Å². The van der Waals surface area contributed by atoms with Crippen LogP contribution in [0.5, 0.6) is 0 Å². The molecular weight excluding hydrogens is 300 g/mol. The lowest BCUT2D eigenvalue weighted by Gasteiger charge is -2.37. The standard InChI is InChI=1S/C17H13BrO/c1-3-17-8-7-12-5-4-6-14(18)16(12)13(17)9-15(19)11(2)10-17/h1,4-6,9-10H,7-8H2,2H3. The molecule has 0 bridgehead atoms. The van der Waals surface area contributed by atoms with E-state index in [4.69, 9.17) is 6.42 Å². The van der Waals surface area contributed by atoms with Gasteiger partial charge in [-0.3, -0.25) is 4.79 Å². The molecule has 0 fully saturated rings. The molecule has 1 nitrogen and oxygen atoms in total. The fourth-order valence-corrected chi connectivity index (χ4v) is 3.62. The lowest BCUT2D eigenvalue weighted by Crippen LogP contribution is -2.28. The Labute approximate surface area is 121 Å². The number of hydrogen-bond acceptors (Lipinski definition) is 1. The number of allylic oxidation sites excluding steroid dienone is 4. The average Bonchev–Trinajstić information content (AvgIpc) is 2.40. The van der Waals surface area contributed by atoms with E-state index in [0.717, 1.165) is 34.0 Å². The van der Waals surface area contributed by atoms with Gasteiger partial charge in [-0.25, -0.2) is 0 Å². The molecule has 2 aliphatic rings. The Morgan fingerprint density at radius 1 is 1.42 bits per heavy atom. The van der Waals surface area contributed by atoms with Gasteiger partial charge < -0.3 is 0 Å². The van der Waals surface area contributed by atoms with Crippen molar-refractivity contribution in [1.82, 2.24) is 0 Å². The molecule has 0 spiro atoms. The SMILES string of the molecule is C#CC12C=C(C)C(=O)C=C1c1c(Br)cccc1CC2. The number of terminal acetylenes is 1. The van der Waals surface area contributed by atoms with Crippen molar-refractivity contribution in [2.75, 3.05) is 0 Å². The molecule has 0 saturated heterocycles. The highest BCUT2D eigenvalue weighted by Crippen LogP contribution is 2.50. The van der Waals surface area contributed by atoms with Gasteiger partial charge in [0.15, 0.2) is 5.78 Å². The monoisotopic (exact) mass is 312 g/mol. The number of rotatable bonds is 0. The van der Waals surface area contributed by atoms with Crippen LogP contribution < -0.4 is 0 Å². The van der Waals surface area contributed by atoms with Gasteiger partial charge in [0, 0.05) is 4.47 Å². The molecular formula is C17H13BrO. The van der Waals surface area contributed by atoms with Crippen molar-refractivity contribution in [2.24, 2.45) is 5.41 Å². The van der Waals surface area contributed by atoms with E-state index in [2.05, 4.69) is 27.9 Å². The molecule has 1 aromatic rings. The van der Waals surface area contributed by atoms with Crippen LogP contribution in [0.4, 0.5) is 0 Å². The predicted molar refractivity (Wildman–Crippen MR) is 80.5 cm³/mol. The maximum Gasteiger partial charge on any atom is 0.181 e. The number of carbonyl (C=O) groups excluding carboxylic acids is 1.